The fourth-order valence-corrected chi connectivity index (χ4v) is 1.99. The van der Waals surface area contributed by atoms with Crippen molar-refractivity contribution >= 4 is 17.8 Å². The van der Waals surface area contributed by atoms with Crippen molar-refractivity contribution in [2.75, 3.05) is 13.2 Å². The van der Waals surface area contributed by atoms with Gasteiger partial charge >= 0.3 is 11.9 Å². The van der Waals surface area contributed by atoms with Gasteiger partial charge in [-0.1, -0.05) is 17.2 Å². The van der Waals surface area contributed by atoms with Crippen LogP contribution < -0.4 is 5.32 Å². The lowest BCUT2D eigenvalue weighted by Gasteiger charge is -2.16. The minimum atomic E-state index is -1.46. The van der Waals surface area contributed by atoms with Crippen LogP contribution in [0.3, 0.4) is 0 Å². The van der Waals surface area contributed by atoms with E-state index >= 15 is 0 Å². The molecule has 0 fully saturated rings. The van der Waals surface area contributed by atoms with E-state index in [2.05, 4.69) is 5.32 Å². The topological polar surface area (TPSA) is 81.7 Å². The van der Waals surface area contributed by atoms with Crippen molar-refractivity contribution in [2.45, 2.75) is 33.7 Å². The maximum absolute atomic E-state index is 12.3. The van der Waals surface area contributed by atoms with E-state index in [1.165, 1.54) is 0 Å². The number of carbonyl (C=O) groups is 3. The molecule has 120 valence electrons. The highest BCUT2D eigenvalue weighted by Crippen LogP contribution is 2.09. The Morgan fingerprint density at radius 2 is 1.41 bits per heavy atom. The number of carbonyl (C=O) groups excluding carboxylic acids is 3. The number of rotatable bonds is 6. The Balaban J connectivity index is 2.94. The fraction of sp³-hybridized carbons (Fsp3) is 0.438. The minimum Gasteiger partial charge on any atom is -0.464 e. The number of esters is 2. The van der Waals surface area contributed by atoms with E-state index in [-0.39, 0.29) is 13.2 Å². The third-order valence-electron chi connectivity index (χ3n) is 2.80. The van der Waals surface area contributed by atoms with Gasteiger partial charge in [-0.2, -0.15) is 0 Å². The van der Waals surface area contributed by atoms with Gasteiger partial charge in [0.25, 0.3) is 5.91 Å². The molecule has 0 saturated heterocycles. The van der Waals surface area contributed by atoms with Crippen LogP contribution in [0.15, 0.2) is 18.2 Å². The molecule has 1 rings (SSSR count). The monoisotopic (exact) mass is 307 g/mol. The maximum Gasteiger partial charge on any atom is 0.340 e. The number of hydrogen-bond acceptors (Lipinski definition) is 5. The first-order valence-electron chi connectivity index (χ1n) is 7.11. The molecule has 22 heavy (non-hydrogen) atoms. The van der Waals surface area contributed by atoms with Crippen molar-refractivity contribution in [1.29, 1.82) is 0 Å². The molecule has 0 aliphatic heterocycles. The summed E-state index contributed by atoms with van der Waals surface area (Å²) in [5.41, 5.74) is 2.19. The number of ether oxygens (including phenoxy) is 2. The van der Waals surface area contributed by atoms with Crippen LogP contribution in [0.2, 0.25) is 0 Å². The van der Waals surface area contributed by atoms with Crippen LogP contribution in [-0.2, 0) is 19.1 Å². The van der Waals surface area contributed by atoms with Crippen molar-refractivity contribution in [3.05, 3.63) is 34.9 Å². The maximum atomic E-state index is 12.3. The average Bonchev–Trinajstić information content (AvgIpc) is 2.43. The van der Waals surface area contributed by atoms with Gasteiger partial charge in [-0.05, 0) is 39.8 Å². The van der Waals surface area contributed by atoms with E-state index in [0.29, 0.717) is 5.56 Å². The second kappa shape index (κ2) is 8.17. The Hall–Kier alpha value is -2.37. The third-order valence-corrected chi connectivity index (χ3v) is 2.80. The number of amides is 1. The summed E-state index contributed by atoms with van der Waals surface area (Å²) in [4.78, 5) is 35.9. The van der Waals surface area contributed by atoms with Crippen LogP contribution in [0, 0.1) is 13.8 Å². The van der Waals surface area contributed by atoms with Crippen molar-refractivity contribution in [1.82, 2.24) is 5.32 Å². The predicted octanol–water partition coefficient (Wildman–Crippen LogP) is 1.53. The van der Waals surface area contributed by atoms with Gasteiger partial charge in [0.05, 0.1) is 13.2 Å². The molecular formula is C16H21NO5. The first-order chi connectivity index (χ1) is 10.4. The molecule has 0 heterocycles. The van der Waals surface area contributed by atoms with E-state index in [0.717, 1.165) is 11.1 Å². The van der Waals surface area contributed by atoms with Gasteiger partial charge in [0.15, 0.2) is 0 Å². The van der Waals surface area contributed by atoms with Gasteiger partial charge in [-0.3, -0.25) is 4.79 Å². The van der Waals surface area contributed by atoms with Crippen LogP contribution in [0.25, 0.3) is 0 Å². The Morgan fingerprint density at radius 1 is 0.955 bits per heavy atom. The molecule has 6 heteroatoms. The summed E-state index contributed by atoms with van der Waals surface area (Å²) in [7, 11) is 0. The molecule has 1 amide bonds. The Kier molecular flexibility index (Phi) is 6.56. The molecule has 6 nitrogen and oxygen atoms in total. The summed E-state index contributed by atoms with van der Waals surface area (Å²) < 4.78 is 9.60. The highest BCUT2D eigenvalue weighted by molar-refractivity contribution is 6.05. The van der Waals surface area contributed by atoms with E-state index < -0.39 is 23.9 Å². The summed E-state index contributed by atoms with van der Waals surface area (Å²) in [5, 5.41) is 2.37. The summed E-state index contributed by atoms with van der Waals surface area (Å²) in [6.45, 7) is 7.16. The summed E-state index contributed by atoms with van der Waals surface area (Å²) in [6, 6.07) is 3.81. The van der Waals surface area contributed by atoms with Gasteiger partial charge in [0.2, 0.25) is 6.04 Å². The zero-order chi connectivity index (χ0) is 16.7. The van der Waals surface area contributed by atoms with E-state index in [1.807, 2.05) is 19.9 Å². The number of benzene rings is 1. The van der Waals surface area contributed by atoms with Crippen LogP contribution in [0.1, 0.15) is 35.3 Å². The molecular weight excluding hydrogens is 286 g/mol. The molecule has 0 saturated carbocycles. The first-order valence-corrected chi connectivity index (χ1v) is 7.11. The van der Waals surface area contributed by atoms with Crippen molar-refractivity contribution in [3.8, 4) is 0 Å². The molecule has 0 atom stereocenters. The number of aryl methyl sites for hydroxylation is 2. The molecule has 0 spiro atoms. The molecule has 1 N–H and O–H groups in total. The smallest absolute Gasteiger partial charge is 0.340 e. The fourth-order valence-electron chi connectivity index (χ4n) is 1.99. The van der Waals surface area contributed by atoms with Gasteiger partial charge in [0.1, 0.15) is 0 Å². The Bertz CT molecular complexity index is 529. The molecule has 0 aliphatic carbocycles. The SMILES string of the molecule is CCOC(=O)C(NC(=O)c1cc(C)cc(C)c1)C(=O)OCC. The molecule has 1 aromatic carbocycles. The lowest BCUT2D eigenvalue weighted by Crippen LogP contribution is -2.48. The standard InChI is InChI=1S/C16H21NO5/c1-5-21-15(19)13(16(20)22-6-2)17-14(18)12-8-10(3)7-11(4)9-12/h7-9,13H,5-6H2,1-4H3,(H,17,18). The van der Waals surface area contributed by atoms with E-state index in [9.17, 15) is 14.4 Å². The van der Waals surface area contributed by atoms with E-state index in [4.69, 9.17) is 9.47 Å². The van der Waals surface area contributed by atoms with Crippen LogP contribution in [0.4, 0.5) is 0 Å². The Labute approximate surface area is 129 Å². The molecule has 0 radical (unpaired) electrons. The molecule has 0 aliphatic rings. The highest BCUT2D eigenvalue weighted by atomic mass is 16.6. The zero-order valence-electron chi connectivity index (χ0n) is 13.3. The third kappa shape index (κ3) is 4.87. The van der Waals surface area contributed by atoms with Crippen molar-refractivity contribution < 1.29 is 23.9 Å². The van der Waals surface area contributed by atoms with E-state index in [1.54, 1.807) is 26.0 Å². The van der Waals surface area contributed by atoms with Crippen LogP contribution in [-0.4, -0.2) is 37.1 Å². The second-order valence-electron chi connectivity index (χ2n) is 4.79. The van der Waals surface area contributed by atoms with Crippen LogP contribution >= 0.6 is 0 Å². The molecule has 0 aromatic heterocycles. The minimum absolute atomic E-state index is 0.105. The quantitative estimate of drug-likeness (QED) is 0.636. The molecule has 0 unspecified atom stereocenters. The van der Waals surface area contributed by atoms with Crippen LogP contribution in [0.5, 0.6) is 0 Å². The van der Waals surface area contributed by atoms with Gasteiger partial charge in [0, 0.05) is 5.56 Å². The number of hydrogen-bond donors (Lipinski definition) is 1. The molecule has 1 aromatic rings. The van der Waals surface area contributed by atoms with Gasteiger partial charge < -0.3 is 14.8 Å². The largest absolute Gasteiger partial charge is 0.464 e. The second-order valence-corrected chi connectivity index (χ2v) is 4.79. The van der Waals surface area contributed by atoms with Gasteiger partial charge in [-0.25, -0.2) is 9.59 Å². The first kappa shape index (κ1) is 17.7. The normalized spacial score (nSPS) is 10.2. The Morgan fingerprint density at radius 3 is 1.82 bits per heavy atom. The number of nitrogens with one attached hydrogen (secondary N) is 1. The predicted molar refractivity (Wildman–Crippen MR) is 80.4 cm³/mol. The van der Waals surface area contributed by atoms with Crippen molar-refractivity contribution in [3.63, 3.8) is 0 Å². The van der Waals surface area contributed by atoms with Crippen molar-refractivity contribution in [2.24, 2.45) is 0 Å². The molecule has 0 bridgehead atoms. The lowest BCUT2D eigenvalue weighted by molar-refractivity contribution is -0.157. The zero-order valence-corrected chi connectivity index (χ0v) is 13.3. The lowest BCUT2D eigenvalue weighted by atomic mass is 10.1. The highest BCUT2D eigenvalue weighted by Gasteiger charge is 2.31. The summed E-state index contributed by atoms with van der Waals surface area (Å²) >= 11 is 0. The average molecular weight is 307 g/mol. The summed E-state index contributed by atoms with van der Waals surface area (Å²) in [5.74, 6) is -2.20. The van der Waals surface area contributed by atoms with Gasteiger partial charge in [-0.15, -0.1) is 0 Å². The summed E-state index contributed by atoms with van der Waals surface area (Å²) in [6.07, 6.45) is 0.